The van der Waals surface area contributed by atoms with E-state index in [9.17, 15) is 4.79 Å². The highest BCUT2D eigenvalue weighted by Crippen LogP contribution is 2.00. The molecule has 0 fully saturated rings. The summed E-state index contributed by atoms with van der Waals surface area (Å²) in [6, 6.07) is 0. The molecule has 0 saturated heterocycles. The van der Waals surface area contributed by atoms with Gasteiger partial charge < -0.3 is 0 Å². The van der Waals surface area contributed by atoms with Crippen molar-refractivity contribution in [2.75, 3.05) is 0 Å². The van der Waals surface area contributed by atoms with Gasteiger partial charge in [-0.3, -0.25) is 4.79 Å². The molecule has 0 atom stereocenters. The van der Waals surface area contributed by atoms with Crippen molar-refractivity contribution in [3.05, 3.63) is 22.7 Å². The van der Waals surface area contributed by atoms with E-state index in [1.54, 1.807) is 0 Å². The van der Waals surface area contributed by atoms with E-state index in [1.165, 1.54) is 12.4 Å². The topological polar surface area (TPSA) is 42.9 Å². The van der Waals surface area contributed by atoms with Crippen LogP contribution in [0.1, 0.15) is 10.5 Å². The van der Waals surface area contributed by atoms with Crippen LogP contribution >= 0.6 is 15.9 Å². The zero-order valence-corrected chi connectivity index (χ0v) is 6.00. The number of aldehydes is 1. The molecule has 1 aromatic heterocycles. The molecule has 0 aliphatic rings. The highest BCUT2D eigenvalue weighted by Gasteiger charge is 1.89. The minimum atomic E-state index is 0.346. The molecule has 0 radical (unpaired) electrons. The fourth-order valence-corrected chi connectivity index (χ4v) is 0.588. The van der Waals surface area contributed by atoms with Crippen molar-refractivity contribution in [1.82, 2.24) is 9.97 Å². The Kier molecular flexibility index (Phi) is 1.89. The van der Waals surface area contributed by atoms with Crippen LogP contribution in [0.25, 0.3) is 0 Å². The molecular formula is C5H3BrN2O. The summed E-state index contributed by atoms with van der Waals surface area (Å²) in [6.45, 7) is 0. The molecule has 0 unspecified atom stereocenters. The summed E-state index contributed by atoms with van der Waals surface area (Å²) >= 11 is 3.09. The molecule has 4 heteroatoms. The summed E-state index contributed by atoms with van der Waals surface area (Å²) in [7, 11) is 0. The van der Waals surface area contributed by atoms with Gasteiger partial charge in [-0.15, -0.1) is 0 Å². The minimum absolute atomic E-state index is 0.346. The van der Waals surface area contributed by atoms with E-state index in [0.29, 0.717) is 16.6 Å². The fourth-order valence-electron chi connectivity index (χ4n) is 0.383. The summed E-state index contributed by atoms with van der Waals surface area (Å²) in [5.41, 5.74) is 0.346. The number of rotatable bonds is 1. The Morgan fingerprint density at radius 2 is 2.22 bits per heavy atom. The molecule has 9 heavy (non-hydrogen) atoms. The van der Waals surface area contributed by atoms with Crippen molar-refractivity contribution < 1.29 is 4.79 Å². The lowest BCUT2D eigenvalue weighted by molar-refractivity contribution is 0.111. The highest BCUT2D eigenvalue weighted by atomic mass is 79.9. The quantitative estimate of drug-likeness (QED) is 0.617. The van der Waals surface area contributed by atoms with Crippen molar-refractivity contribution in [3.8, 4) is 0 Å². The lowest BCUT2D eigenvalue weighted by Crippen LogP contribution is -1.86. The number of carbonyl (C=O) groups excluding carboxylic acids is 1. The van der Waals surface area contributed by atoms with E-state index in [0.717, 1.165) is 0 Å². The average molecular weight is 187 g/mol. The zero-order chi connectivity index (χ0) is 6.69. The third-order valence-electron chi connectivity index (χ3n) is 0.761. The molecule has 0 saturated carbocycles. The highest BCUT2D eigenvalue weighted by molar-refractivity contribution is 9.10. The molecule has 0 aliphatic heterocycles. The maximum Gasteiger partial charge on any atom is 0.170 e. The first-order valence-corrected chi connectivity index (χ1v) is 3.05. The summed E-state index contributed by atoms with van der Waals surface area (Å²) in [4.78, 5) is 17.5. The molecule has 0 aliphatic carbocycles. The van der Waals surface area contributed by atoms with Crippen LogP contribution in [-0.4, -0.2) is 16.3 Å². The summed E-state index contributed by atoms with van der Waals surface area (Å²) < 4.78 is 0.633. The van der Waals surface area contributed by atoms with E-state index in [2.05, 4.69) is 25.9 Å². The minimum Gasteiger partial charge on any atom is -0.296 e. The van der Waals surface area contributed by atoms with E-state index in [1.807, 2.05) is 0 Å². The average Bonchev–Trinajstić information content (AvgIpc) is 1.90. The van der Waals surface area contributed by atoms with Crippen LogP contribution in [0, 0.1) is 0 Å². The van der Waals surface area contributed by atoms with Gasteiger partial charge in [0.25, 0.3) is 0 Å². The molecule has 46 valence electrons. The molecule has 3 nitrogen and oxygen atoms in total. The van der Waals surface area contributed by atoms with Crippen LogP contribution in [0.2, 0.25) is 0 Å². The molecule has 0 aromatic carbocycles. The molecule has 0 bridgehead atoms. The molecular weight excluding hydrogens is 184 g/mol. The zero-order valence-electron chi connectivity index (χ0n) is 4.41. The van der Waals surface area contributed by atoms with Gasteiger partial charge in [0.1, 0.15) is 10.3 Å². The number of hydrogen-bond donors (Lipinski definition) is 0. The van der Waals surface area contributed by atoms with Crippen LogP contribution in [0.5, 0.6) is 0 Å². The van der Waals surface area contributed by atoms with Gasteiger partial charge >= 0.3 is 0 Å². The lowest BCUT2D eigenvalue weighted by atomic mass is 10.5. The Labute approximate surface area is 60.3 Å². The third-order valence-corrected chi connectivity index (χ3v) is 1.17. The SMILES string of the molecule is O=Cc1cnc(Br)cn1. The monoisotopic (exact) mass is 186 g/mol. The molecule has 0 spiro atoms. The van der Waals surface area contributed by atoms with Crippen LogP contribution in [0.3, 0.4) is 0 Å². The number of carbonyl (C=O) groups is 1. The second kappa shape index (κ2) is 2.68. The predicted molar refractivity (Wildman–Crippen MR) is 35.1 cm³/mol. The number of nitrogens with zero attached hydrogens (tertiary/aromatic N) is 2. The van der Waals surface area contributed by atoms with Crippen LogP contribution in [-0.2, 0) is 0 Å². The van der Waals surface area contributed by atoms with Crippen LogP contribution in [0.15, 0.2) is 17.0 Å². The number of halogens is 1. The summed E-state index contributed by atoms with van der Waals surface area (Å²) in [6.07, 6.45) is 3.53. The first-order chi connectivity index (χ1) is 4.33. The lowest BCUT2D eigenvalue weighted by Gasteiger charge is -1.86. The second-order valence-corrected chi connectivity index (χ2v) is 2.19. The molecule has 0 amide bonds. The Balaban J connectivity index is 3.01. The second-order valence-electron chi connectivity index (χ2n) is 1.38. The fraction of sp³-hybridized carbons (Fsp3) is 0. The first kappa shape index (κ1) is 6.35. The van der Waals surface area contributed by atoms with Crippen LogP contribution in [0.4, 0.5) is 0 Å². The molecule has 1 rings (SSSR count). The smallest absolute Gasteiger partial charge is 0.170 e. The van der Waals surface area contributed by atoms with Gasteiger partial charge in [0.15, 0.2) is 6.29 Å². The van der Waals surface area contributed by atoms with Gasteiger partial charge in [-0.25, -0.2) is 9.97 Å². The van der Waals surface area contributed by atoms with Gasteiger partial charge in [-0.05, 0) is 15.9 Å². The largest absolute Gasteiger partial charge is 0.296 e. The first-order valence-electron chi connectivity index (χ1n) is 2.25. The Morgan fingerprint density at radius 3 is 2.67 bits per heavy atom. The maximum absolute atomic E-state index is 10.00. The maximum atomic E-state index is 10.00. The van der Waals surface area contributed by atoms with Crippen molar-refractivity contribution in [1.29, 1.82) is 0 Å². The van der Waals surface area contributed by atoms with Gasteiger partial charge in [-0.1, -0.05) is 0 Å². The number of aromatic nitrogens is 2. The Hall–Kier alpha value is -0.770. The van der Waals surface area contributed by atoms with E-state index in [-0.39, 0.29) is 0 Å². The number of hydrogen-bond acceptors (Lipinski definition) is 3. The van der Waals surface area contributed by atoms with E-state index < -0.39 is 0 Å². The third kappa shape index (κ3) is 1.57. The Morgan fingerprint density at radius 1 is 1.44 bits per heavy atom. The van der Waals surface area contributed by atoms with Gasteiger partial charge in [0, 0.05) is 0 Å². The van der Waals surface area contributed by atoms with Gasteiger partial charge in [0.2, 0.25) is 0 Å². The molecule has 0 N–H and O–H groups in total. The Bertz CT molecular complexity index is 209. The van der Waals surface area contributed by atoms with Crippen molar-refractivity contribution >= 4 is 22.2 Å². The van der Waals surface area contributed by atoms with E-state index >= 15 is 0 Å². The van der Waals surface area contributed by atoms with Crippen molar-refractivity contribution in [2.24, 2.45) is 0 Å². The summed E-state index contributed by atoms with van der Waals surface area (Å²) in [5.74, 6) is 0. The predicted octanol–water partition coefficient (Wildman–Crippen LogP) is 1.05. The normalized spacial score (nSPS) is 9.00. The summed E-state index contributed by atoms with van der Waals surface area (Å²) in [5, 5.41) is 0. The molecule has 1 aromatic rings. The van der Waals surface area contributed by atoms with Gasteiger partial charge in [0.05, 0.1) is 12.4 Å². The molecule has 1 heterocycles. The van der Waals surface area contributed by atoms with E-state index in [4.69, 9.17) is 0 Å². The van der Waals surface area contributed by atoms with Crippen molar-refractivity contribution in [2.45, 2.75) is 0 Å². The van der Waals surface area contributed by atoms with Crippen LogP contribution < -0.4 is 0 Å². The standard InChI is InChI=1S/C5H3BrN2O/c6-5-2-7-4(3-9)1-8-5/h1-3H. The van der Waals surface area contributed by atoms with Gasteiger partial charge in [-0.2, -0.15) is 0 Å². The van der Waals surface area contributed by atoms with Crippen molar-refractivity contribution in [3.63, 3.8) is 0 Å².